The smallest absolute Gasteiger partial charge is 0.397 e. The molecule has 0 aromatic carbocycles. The molecule has 0 spiro atoms. The minimum absolute atomic E-state index is 0.239. The highest BCUT2D eigenvalue weighted by molar-refractivity contribution is 7.99. The molecule has 18 heavy (non-hydrogen) atoms. The Kier molecular flexibility index (Phi) is 3.42. The molecule has 2 heterocycles. The van der Waals surface area contributed by atoms with Crippen LogP contribution in [0.5, 0.6) is 0 Å². The molecule has 0 saturated heterocycles. The number of anilines is 1. The van der Waals surface area contributed by atoms with E-state index in [4.69, 9.17) is 5.73 Å². The maximum Gasteiger partial charge on any atom is 0.433 e. The summed E-state index contributed by atoms with van der Waals surface area (Å²) in [4.78, 5) is 7.97. The number of nitrogens with zero attached hydrogens (tertiary/aromatic N) is 2. The summed E-state index contributed by atoms with van der Waals surface area (Å²) in [7, 11) is 0. The van der Waals surface area contributed by atoms with Gasteiger partial charge in [-0.25, -0.2) is 4.98 Å². The third-order valence-electron chi connectivity index (χ3n) is 2.04. The third-order valence-corrected chi connectivity index (χ3v) is 3.07. The van der Waals surface area contributed by atoms with Gasteiger partial charge in [-0.1, -0.05) is 17.8 Å². The largest absolute Gasteiger partial charge is 0.433 e. The summed E-state index contributed by atoms with van der Waals surface area (Å²) in [5.41, 5.74) is 5.15. The van der Waals surface area contributed by atoms with E-state index in [2.05, 4.69) is 9.97 Å². The Bertz CT molecular complexity index is 557. The summed E-state index contributed by atoms with van der Waals surface area (Å²) in [5, 5.41) is 0.239. The molecular formula is C11H8F3N3S. The molecule has 0 bridgehead atoms. The first-order valence-corrected chi connectivity index (χ1v) is 5.70. The number of aromatic nitrogens is 2. The fourth-order valence-electron chi connectivity index (χ4n) is 1.23. The molecule has 0 aliphatic rings. The molecule has 2 aromatic heterocycles. The quantitative estimate of drug-likeness (QED) is 0.911. The minimum atomic E-state index is -4.44. The summed E-state index contributed by atoms with van der Waals surface area (Å²) in [6.45, 7) is 0. The molecule has 3 nitrogen and oxygen atoms in total. The molecule has 2 N–H and O–H groups in total. The first kappa shape index (κ1) is 12.7. The molecule has 0 fully saturated rings. The second-order valence-electron chi connectivity index (χ2n) is 3.37. The van der Waals surface area contributed by atoms with Crippen LogP contribution >= 0.6 is 11.8 Å². The van der Waals surface area contributed by atoms with E-state index in [0.717, 1.165) is 17.8 Å². The van der Waals surface area contributed by atoms with Crippen LogP contribution in [0.25, 0.3) is 0 Å². The van der Waals surface area contributed by atoms with E-state index in [1.54, 1.807) is 6.07 Å². The molecule has 0 atom stereocenters. The highest BCUT2D eigenvalue weighted by Gasteiger charge is 2.32. The Morgan fingerprint density at radius 1 is 1.17 bits per heavy atom. The Morgan fingerprint density at radius 2 is 1.94 bits per heavy atom. The van der Waals surface area contributed by atoms with E-state index in [-0.39, 0.29) is 5.03 Å². The van der Waals surface area contributed by atoms with Crippen LogP contribution < -0.4 is 5.73 Å². The maximum atomic E-state index is 12.5. The number of pyridine rings is 2. The number of alkyl halides is 3. The van der Waals surface area contributed by atoms with Crippen molar-refractivity contribution >= 4 is 17.4 Å². The molecule has 0 amide bonds. The van der Waals surface area contributed by atoms with Gasteiger partial charge in [0.1, 0.15) is 10.7 Å². The zero-order valence-electron chi connectivity index (χ0n) is 8.98. The molecule has 0 aliphatic heterocycles. The second-order valence-corrected chi connectivity index (χ2v) is 4.44. The van der Waals surface area contributed by atoms with E-state index in [1.807, 2.05) is 0 Å². The van der Waals surface area contributed by atoms with Crippen molar-refractivity contribution in [1.82, 2.24) is 9.97 Å². The molecule has 0 aliphatic carbocycles. The second kappa shape index (κ2) is 4.85. The fraction of sp³-hybridized carbons (Fsp3) is 0.0909. The number of rotatable bonds is 2. The molecule has 0 radical (unpaired) electrons. The standard InChI is InChI=1S/C11H8F3N3S/c12-11(13,14)9-2-1-3-10(17-9)18-8-4-5-16-6-7(8)15/h1-6H,15H2. The van der Waals surface area contributed by atoms with E-state index in [9.17, 15) is 13.2 Å². The van der Waals surface area contributed by atoms with E-state index >= 15 is 0 Å². The molecule has 0 saturated carbocycles. The lowest BCUT2D eigenvalue weighted by atomic mass is 10.3. The van der Waals surface area contributed by atoms with Crippen molar-refractivity contribution in [2.75, 3.05) is 5.73 Å². The Balaban J connectivity index is 2.28. The lowest BCUT2D eigenvalue weighted by Crippen LogP contribution is -2.07. The maximum absolute atomic E-state index is 12.5. The lowest BCUT2D eigenvalue weighted by Gasteiger charge is -2.08. The summed E-state index contributed by atoms with van der Waals surface area (Å²) >= 11 is 1.07. The monoisotopic (exact) mass is 271 g/mol. The van der Waals surface area contributed by atoms with Crippen LogP contribution in [0.15, 0.2) is 46.6 Å². The molecule has 0 unspecified atom stereocenters. The molecular weight excluding hydrogens is 263 g/mol. The zero-order chi connectivity index (χ0) is 13.2. The van der Waals surface area contributed by atoms with Gasteiger partial charge in [0.2, 0.25) is 0 Å². The van der Waals surface area contributed by atoms with Crippen LogP contribution in [0.3, 0.4) is 0 Å². The van der Waals surface area contributed by atoms with Gasteiger partial charge in [-0.2, -0.15) is 13.2 Å². The van der Waals surface area contributed by atoms with Gasteiger partial charge in [-0.3, -0.25) is 4.98 Å². The van der Waals surface area contributed by atoms with Gasteiger partial charge in [0.25, 0.3) is 0 Å². The van der Waals surface area contributed by atoms with Gasteiger partial charge in [0.15, 0.2) is 0 Å². The predicted molar refractivity (Wildman–Crippen MR) is 62.0 cm³/mol. The topological polar surface area (TPSA) is 51.8 Å². The first-order chi connectivity index (χ1) is 8.47. The highest BCUT2D eigenvalue weighted by Crippen LogP contribution is 2.33. The van der Waals surface area contributed by atoms with E-state index in [0.29, 0.717) is 10.6 Å². The van der Waals surface area contributed by atoms with Gasteiger partial charge in [-0.05, 0) is 18.2 Å². The Morgan fingerprint density at radius 3 is 2.61 bits per heavy atom. The van der Waals surface area contributed by atoms with Crippen molar-refractivity contribution in [3.8, 4) is 0 Å². The zero-order valence-corrected chi connectivity index (χ0v) is 9.79. The number of nitrogens with two attached hydrogens (primary N) is 1. The van der Waals surface area contributed by atoms with Gasteiger partial charge >= 0.3 is 6.18 Å². The predicted octanol–water partition coefficient (Wildman–Crippen LogP) is 3.23. The normalized spacial score (nSPS) is 11.5. The van der Waals surface area contributed by atoms with Crippen molar-refractivity contribution in [1.29, 1.82) is 0 Å². The van der Waals surface area contributed by atoms with E-state index in [1.165, 1.54) is 24.5 Å². The molecule has 7 heteroatoms. The third kappa shape index (κ3) is 2.92. The Hall–Kier alpha value is -1.76. The van der Waals surface area contributed by atoms with Crippen molar-refractivity contribution in [2.45, 2.75) is 16.1 Å². The first-order valence-electron chi connectivity index (χ1n) is 4.88. The minimum Gasteiger partial charge on any atom is -0.397 e. The SMILES string of the molecule is Nc1cnccc1Sc1cccc(C(F)(F)F)n1. The number of hydrogen-bond donors (Lipinski definition) is 1. The van der Waals surface area contributed by atoms with Crippen LogP contribution in [-0.4, -0.2) is 9.97 Å². The van der Waals surface area contributed by atoms with Crippen LogP contribution in [0, 0.1) is 0 Å². The summed E-state index contributed by atoms with van der Waals surface area (Å²) in [5.74, 6) is 0. The summed E-state index contributed by atoms with van der Waals surface area (Å²) < 4.78 is 37.4. The highest BCUT2D eigenvalue weighted by atomic mass is 32.2. The van der Waals surface area contributed by atoms with Crippen molar-refractivity contribution in [2.24, 2.45) is 0 Å². The van der Waals surface area contributed by atoms with Gasteiger partial charge < -0.3 is 5.73 Å². The van der Waals surface area contributed by atoms with Crippen molar-refractivity contribution in [3.05, 3.63) is 42.4 Å². The summed E-state index contributed by atoms with van der Waals surface area (Å²) in [6, 6.07) is 5.37. The van der Waals surface area contributed by atoms with Crippen molar-refractivity contribution in [3.63, 3.8) is 0 Å². The average Bonchev–Trinajstić information content (AvgIpc) is 2.31. The summed E-state index contributed by atoms with van der Waals surface area (Å²) in [6.07, 6.45) is -1.48. The van der Waals surface area contributed by atoms with Crippen LogP contribution in [0.1, 0.15) is 5.69 Å². The lowest BCUT2D eigenvalue weighted by molar-refractivity contribution is -0.141. The fourth-order valence-corrected chi connectivity index (χ4v) is 2.04. The molecule has 2 rings (SSSR count). The van der Waals surface area contributed by atoms with Gasteiger partial charge in [0.05, 0.1) is 11.9 Å². The van der Waals surface area contributed by atoms with Gasteiger partial charge in [0, 0.05) is 11.1 Å². The molecule has 94 valence electrons. The number of hydrogen-bond acceptors (Lipinski definition) is 4. The average molecular weight is 271 g/mol. The van der Waals surface area contributed by atoms with Gasteiger partial charge in [-0.15, -0.1) is 0 Å². The number of halogens is 3. The Labute approximate surface area is 105 Å². The van der Waals surface area contributed by atoms with E-state index < -0.39 is 11.9 Å². The van der Waals surface area contributed by atoms with Crippen LogP contribution in [0.4, 0.5) is 18.9 Å². The van der Waals surface area contributed by atoms with Crippen molar-refractivity contribution < 1.29 is 13.2 Å². The van der Waals surface area contributed by atoms with Crippen LogP contribution in [-0.2, 0) is 6.18 Å². The molecule has 2 aromatic rings. The number of nitrogen functional groups attached to an aromatic ring is 1. The van der Waals surface area contributed by atoms with Crippen LogP contribution in [0.2, 0.25) is 0 Å².